The zero-order valence-corrected chi connectivity index (χ0v) is 34.1. The summed E-state index contributed by atoms with van der Waals surface area (Å²) in [7, 11) is 6.76. The Morgan fingerprint density at radius 3 is 1.68 bits per heavy atom. The van der Waals surface area contributed by atoms with E-state index >= 15 is 0 Å². The van der Waals surface area contributed by atoms with E-state index in [-0.39, 0.29) is 29.2 Å². The zero-order chi connectivity index (χ0) is 42.6. The number of halogens is 3. The molecule has 18 heteroatoms. The molecule has 0 radical (unpaired) electrons. The molecule has 2 aliphatic rings. The average Bonchev–Trinajstić information content (AvgIpc) is 4.07. The molecule has 0 bridgehead atoms. The summed E-state index contributed by atoms with van der Waals surface area (Å²) in [6.45, 7) is -0.637. The maximum atomic E-state index is 12.9. The molecule has 8 aromatic rings. The molecule has 8 heterocycles. The van der Waals surface area contributed by atoms with E-state index in [1.165, 1.54) is 7.11 Å². The Labute approximate surface area is 352 Å². The number of methoxy groups -OCH3 is 2. The smallest absolute Gasteiger partial charge is 0.406 e. The highest BCUT2D eigenvalue weighted by molar-refractivity contribution is 6.01. The van der Waals surface area contributed by atoms with E-state index in [2.05, 4.69) is 37.6 Å². The van der Waals surface area contributed by atoms with Crippen molar-refractivity contribution in [1.29, 1.82) is 0 Å². The predicted octanol–water partition coefficient (Wildman–Crippen LogP) is 5.84. The van der Waals surface area contributed by atoms with Gasteiger partial charge in [0.2, 0.25) is 0 Å². The number of pyridine rings is 2. The standard InChI is InChI=1S/C23H20F3N5O2.C21H19N5O2.H2O/c1-29-12-17(10-28-29)14-4-6-31-18(11-27-20(31)9-14)16-7-15-3-5-30(13-23(24,25)26)22(32)21(15)19(8-16)33-2;1-25-12-16(10-24-25)13-4-6-26-17(11-23-19(26)9-13)15-7-14-3-5-22-21(27)20(14)18(8-15)28-2;/h4,6-12H,3,5,13H2,1-2H3;4,6-12H,3,5H2,1-2H3,(H,22,27);1H2. The Bertz CT molecular complexity index is 2970. The third-order valence-electron chi connectivity index (χ3n) is 10.9. The molecule has 15 nitrogen and oxygen atoms in total. The van der Waals surface area contributed by atoms with Crippen LogP contribution in [0.4, 0.5) is 13.2 Å². The number of fused-ring (bicyclic) bond motifs is 4. The Hall–Kier alpha value is -7.47. The number of benzene rings is 2. The first-order valence-electron chi connectivity index (χ1n) is 19.4. The summed E-state index contributed by atoms with van der Waals surface area (Å²) in [5.74, 6) is 0.0908. The number of hydrogen-bond acceptors (Lipinski definition) is 8. The minimum Gasteiger partial charge on any atom is -0.496 e. The van der Waals surface area contributed by atoms with Crippen LogP contribution in [0.25, 0.3) is 56.1 Å². The number of aromatic nitrogens is 8. The van der Waals surface area contributed by atoms with Gasteiger partial charge in [-0.15, -0.1) is 0 Å². The van der Waals surface area contributed by atoms with Crippen molar-refractivity contribution >= 4 is 23.1 Å². The van der Waals surface area contributed by atoms with Crippen LogP contribution < -0.4 is 14.8 Å². The van der Waals surface area contributed by atoms with Crippen LogP contribution in [0.15, 0.2) is 98.1 Å². The lowest BCUT2D eigenvalue weighted by atomic mass is 9.94. The number of carbonyl (C=O) groups is 2. The summed E-state index contributed by atoms with van der Waals surface area (Å²) < 4.78 is 57.0. The van der Waals surface area contributed by atoms with Crippen molar-refractivity contribution in [3.8, 4) is 56.3 Å². The van der Waals surface area contributed by atoms with Gasteiger partial charge in [0.05, 0.1) is 61.5 Å². The fourth-order valence-electron chi connectivity index (χ4n) is 8.03. The van der Waals surface area contributed by atoms with Gasteiger partial charge in [0.1, 0.15) is 29.3 Å². The molecule has 2 aliphatic heterocycles. The van der Waals surface area contributed by atoms with E-state index in [0.29, 0.717) is 29.8 Å². The number of hydrogen-bond donors (Lipinski definition) is 1. The molecule has 0 saturated carbocycles. The van der Waals surface area contributed by atoms with Crippen molar-refractivity contribution in [3.63, 3.8) is 0 Å². The predicted molar refractivity (Wildman–Crippen MR) is 224 cm³/mol. The largest absolute Gasteiger partial charge is 0.496 e. The van der Waals surface area contributed by atoms with E-state index < -0.39 is 18.6 Å². The van der Waals surface area contributed by atoms with Crippen molar-refractivity contribution in [2.45, 2.75) is 19.0 Å². The zero-order valence-electron chi connectivity index (χ0n) is 34.1. The Kier molecular flexibility index (Phi) is 10.8. The third-order valence-corrected chi connectivity index (χ3v) is 10.9. The van der Waals surface area contributed by atoms with Gasteiger partial charge in [-0.2, -0.15) is 23.4 Å². The van der Waals surface area contributed by atoms with Crippen molar-refractivity contribution in [2.24, 2.45) is 14.1 Å². The van der Waals surface area contributed by atoms with Crippen molar-refractivity contribution < 1.29 is 37.7 Å². The van der Waals surface area contributed by atoms with Gasteiger partial charge in [0, 0.05) is 74.2 Å². The Morgan fingerprint density at radius 1 is 0.677 bits per heavy atom. The van der Waals surface area contributed by atoms with Crippen LogP contribution in [0.5, 0.6) is 11.5 Å². The number of carbonyl (C=O) groups excluding carboxylic acids is 2. The first-order valence-corrected chi connectivity index (χ1v) is 19.4. The lowest BCUT2D eigenvalue weighted by Gasteiger charge is -2.30. The van der Waals surface area contributed by atoms with Gasteiger partial charge in [-0.25, -0.2) is 9.97 Å². The number of nitrogens with one attached hydrogen (secondary N) is 1. The highest BCUT2D eigenvalue weighted by atomic mass is 19.4. The normalized spacial score (nSPS) is 13.6. The molecule has 2 amide bonds. The fourth-order valence-corrected chi connectivity index (χ4v) is 8.03. The van der Waals surface area contributed by atoms with Crippen LogP contribution >= 0.6 is 0 Å². The summed E-state index contributed by atoms with van der Waals surface area (Å²) in [4.78, 5) is 34.9. The summed E-state index contributed by atoms with van der Waals surface area (Å²) in [5.41, 5.74) is 11.6. The number of aryl methyl sites for hydroxylation is 2. The molecule has 0 aliphatic carbocycles. The average molecular weight is 847 g/mol. The van der Waals surface area contributed by atoms with Crippen LogP contribution in [-0.2, 0) is 26.9 Å². The maximum Gasteiger partial charge on any atom is 0.406 e. The minimum absolute atomic E-state index is 0. The number of imidazole rings is 2. The second-order valence-electron chi connectivity index (χ2n) is 14.9. The van der Waals surface area contributed by atoms with E-state index in [1.54, 1.807) is 34.9 Å². The van der Waals surface area contributed by atoms with Gasteiger partial charge in [-0.05, 0) is 83.6 Å². The van der Waals surface area contributed by atoms with Gasteiger partial charge >= 0.3 is 6.18 Å². The molecule has 318 valence electrons. The van der Waals surface area contributed by atoms with Crippen LogP contribution in [-0.4, -0.2) is 101 Å². The van der Waals surface area contributed by atoms with Crippen LogP contribution in [0.2, 0.25) is 0 Å². The van der Waals surface area contributed by atoms with Gasteiger partial charge < -0.3 is 25.2 Å². The Balaban J connectivity index is 0.000000170. The van der Waals surface area contributed by atoms with Crippen molar-refractivity contribution in [3.05, 3.63) is 120 Å². The molecule has 0 saturated heterocycles. The van der Waals surface area contributed by atoms with Crippen molar-refractivity contribution in [1.82, 2.24) is 48.5 Å². The van der Waals surface area contributed by atoms with Crippen LogP contribution in [0.1, 0.15) is 31.8 Å². The van der Waals surface area contributed by atoms with E-state index in [1.807, 2.05) is 90.4 Å². The third kappa shape index (κ3) is 7.71. The molecular weight excluding hydrogens is 806 g/mol. The SMILES string of the molecule is COc1cc(-c2cnc3cc(-c4cnn(C)c4)ccn23)cc2c1C(=O)N(CC(F)(F)F)CC2.COc1cc(-c2cnc3cc(-c4cnn(C)c4)ccn23)cc2c1C(=O)NCC2.O. The molecular formula is C44H41F3N10O5. The number of ether oxygens (including phenoxy) is 2. The minimum atomic E-state index is -4.45. The highest BCUT2D eigenvalue weighted by Gasteiger charge is 2.37. The molecule has 2 aromatic carbocycles. The summed E-state index contributed by atoms with van der Waals surface area (Å²) >= 11 is 0. The molecule has 0 atom stereocenters. The van der Waals surface area contributed by atoms with E-state index in [9.17, 15) is 22.8 Å². The summed E-state index contributed by atoms with van der Waals surface area (Å²) in [5, 5.41) is 11.3. The molecule has 0 fully saturated rings. The highest BCUT2D eigenvalue weighted by Crippen LogP contribution is 2.36. The monoisotopic (exact) mass is 846 g/mol. The number of amides is 2. The first-order chi connectivity index (χ1) is 29.4. The van der Waals surface area contributed by atoms with E-state index in [0.717, 1.165) is 72.9 Å². The van der Waals surface area contributed by atoms with Crippen molar-refractivity contribution in [2.75, 3.05) is 33.9 Å². The molecule has 6 aromatic heterocycles. The molecule has 0 unspecified atom stereocenters. The molecule has 3 N–H and O–H groups in total. The first kappa shape index (κ1) is 41.3. The second-order valence-corrected chi connectivity index (χ2v) is 14.9. The number of alkyl halides is 3. The van der Waals surface area contributed by atoms with E-state index in [4.69, 9.17) is 9.47 Å². The van der Waals surface area contributed by atoms with Crippen LogP contribution in [0, 0.1) is 0 Å². The molecule has 10 rings (SSSR count). The molecule has 0 spiro atoms. The van der Waals surface area contributed by atoms with Gasteiger partial charge in [0.15, 0.2) is 0 Å². The van der Waals surface area contributed by atoms with Crippen LogP contribution in [0.3, 0.4) is 0 Å². The quantitative estimate of drug-likeness (QED) is 0.209. The number of rotatable bonds is 7. The number of nitrogens with zero attached hydrogens (tertiary/aromatic N) is 9. The summed E-state index contributed by atoms with van der Waals surface area (Å²) in [6.07, 6.45) is 11.7. The van der Waals surface area contributed by atoms with Gasteiger partial charge in [-0.3, -0.25) is 27.8 Å². The van der Waals surface area contributed by atoms with Gasteiger partial charge in [-0.1, -0.05) is 0 Å². The summed E-state index contributed by atoms with van der Waals surface area (Å²) in [6, 6.07) is 15.5. The second kappa shape index (κ2) is 16.2. The molecule has 62 heavy (non-hydrogen) atoms. The fraction of sp³-hybridized carbons (Fsp3) is 0.227. The lowest BCUT2D eigenvalue weighted by molar-refractivity contribution is -0.141. The Morgan fingerprint density at radius 2 is 1.19 bits per heavy atom. The van der Waals surface area contributed by atoms with Gasteiger partial charge in [0.25, 0.3) is 11.8 Å². The maximum absolute atomic E-state index is 12.9. The topological polar surface area (TPSA) is 170 Å². The lowest BCUT2D eigenvalue weighted by Crippen LogP contribution is -2.43.